The van der Waals surface area contributed by atoms with Crippen LogP contribution in [-0.2, 0) is 9.63 Å². The van der Waals surface area contributed by atoms with Gasteiger partial charge in [-0.05, 0) is 0 Å². The van der Waals surface area contributed by atoms with E-state index in [2.05, 4.69) is 15.0 Å². The van der Waals surface area contributed by atoms with Crippen molar-refractivity contribution in [1.82, 2.24) is 10.7 Å². The molecule has 6 nitrogen and oxygen atoms in total. The van der Waals surface area contributed by atoms with Gasteiger partial charge in [-0.25, -0.2) is 4.98 Å². The van der Waals surface area contributed by atoms with Crippen LogP contribution in [0.15, 0.2) is 10.5 Å². The Kier molecular flexibility index (Phi) is 2.80. The van der Waals surface area contributed by atoms with Crippen LogP contribution in [0.1, 0.15) is 5.01 Å². The number of rotatable bonds is 3. The number of nitrogens with one attached hydrogen (secondary N) is 1. The summed E-state index contributed by atoms with van der Waals surface area (Å²) >= 11 is 1.14. The zero-order chi connectivity index (χ0) is 9.84. The molecule has 0 aliphatic carbocycles. The van der Waals surface area contributed by atoms with Gasteiger partial charge in [-0.2, -0.15) is 0 Å². The molecule has 1 heterocycles. The third-order valence-corrected chi connectivity index (χ3v) is 1.99. The second-order valence-electron chi connectivity index (χ2n) is 2.03. The molecule has 0 saturated carbocycles. The molecule has 0 saturated heterocycles. The maximum Gasteiger partial charge on any atom is 0.294 e. The Hall–Kier alpha value is -1.63. The van der Waals surface area contributed by atoms with Gasteiger partial charge in [0, 0.05) is 5.38 Å². The summed E-state index contributed by atoms with van der Waals surface area (Å²) in [5.74, 6) is -0.652. The van der Waals surface area contributed by atoms with E-state index in [1.165, 1.54) is 7.11 Å². The molecule has 0 fully saturated rings. The number of oxime groups is 1. The lowest BCUT2D eigenvalue weighted by Gasteiger charge is -1.94. The Morgan fingerprint density at radius 3 is 2.92 bits per heavy atom. The fraction of sp³-hybridized carbons (Fsp3) is 0.167. The predicted octanol–water partition coefficient (Wildman–Crippen LogP) is -0.115. The molecule has 7 heteroatoms. The number of nitrogens with two attached hydrogens (primary N) is 1. The van der Waals surface area contributed by atoms with Gasteiger partial charge in [-0.3, -0.25) is 10.5 Å². The largest absolute Gasteiger partial charge is 0.398 e. The van der Waals surface area contributed by atoms with Crippen molar-refractivity contribution in [1.29, 1.82) is 0 Å². The SMILES string of the molecule is CON=C(C([NH])=O)c1nc(N)cs1. The van der Waals surface area contributed by atoms with Gasteiger partial charge in [0.1, 0.15) is 12.9 Å². The maximum absolute atomic E-state index is 10.7. The normalized spacial score (nSPS) is 11.3. The molecule has 1 aromatic rings. The van der Waals surface area contributed by atoms with Crippen molar-refractivity contribution in [2.45, 2.75) is 0 Å². The van der Waals surface area contributed by atoms with Crippen LogP contribution in [-0.4, -0.2) is 23.7 Å². The molecular formula is C6H7N4O2S. The van der Waals surface area contributed by atoms with Crippen molar-refractivity contribution in [3.05, 3.63) is 10.4 Å². The summed E-state index contributed by atoms with van der Waals surface area (Å²) in [6.07, 6.45) is 0. The molecule has 1 amide bonds. The Bertz CT molecular complexity index is 346. The van der Waals surface area contributed by atoms with Gasteiger partial charge in [0.2, 0.25) is 5.71 Å². The first-order valence-electron chi connectivity index (χ1n) is 3.23. The fourth-order valence-corrected chi connectivity index (χ4v) is 1.35. The number of hydrogen-bond donors (Lipinski definition) is 1. The molecular weight excluding hydrogens is 192 g/mol. The molecule has 3 N–H and O–H groups in total. The molecule has 0 atom stereocenters. The lowest BCUT2D eigenvalue weighted by molar-refractivity contribution is -0.112. The zero-order valence-corrected chi connectivity index (χ0v) is 7.59. The fourth-order valence-electron chi connectivity index (χ4n) is 0.664. The first kappa shape index (κ1) is 9.46. The van der Waals surface area contributed by atoms with Crippen molar-refractivity contribution >= 4 is 28.8 Å². The van der Waals surface area contributed by atoms with E-state index in [1.807, 2.05) is 0 Å². The smallest absolute Gasteiger partial charge is 0.294 e. The monoisotopic (exact) mass is 199 g/mol. The highest BCUT2D eigenvalue weighted by Crippen LogP contribution is 2.12. The van der Waals surface area contributed by atoms with Crippen LogP contribution in [0.25, 0.3) is 0 Å². The topological polar surface area (TPSA) is 101 Å². The minimum atomic E-state index is -0.948. The van der Waals surface area contributed by atoms with Crippen LogP contribution in [0, 0.1) is 0 Å². The Morgan fingerprint density at radius 2 is 2.54 bits per heavy atom. The van der Waals surface area contributed by atoms with Crippen molar-refractivity contribution in [2.24, 2.45) is 5.16 Å². The van der Waals surface area contributed by atoms with Crippen molar-refractivity contribution in [3.63, 3.8) is 0 Å². The molecule has 0 spiro atoms. The summed E-state index contributed by atoms with van der Waals surface area (Å²) < 4.78 is 0. The Labute approximate surface area is 78.2 Å². The standard InChI is InChI=1S/C6H7N4O2S/c1-12-10-4(5(8)11)6-9-3(7)2-13-6/h2,8H,7H2,1H3. The lowest BCUT2D eigenvalue weighted by Crippen LogP contribution is -2.16. The highest BCUT2D eigenvalue weighted by atomic mass is 32.1. The van der Waals surface area contributed by atoms with E-state index in [9.17, 15) is 4.79 Å². The van der Waals surface area contributed by atoms with Gasteiger partial charge in [-0.15, -0.1) is 11.3 Å². The summed E-state index contributed by atoms with van der Waals surface area (Å²) in [7, 11) is 1.29. The molecule has 1 radical (unpaired) electrons. The first-order valence-corrected chi connectivity index (χ1v) is 4.11. The van der Waals surface area contributed by atoms with E-state index in [4.69, 9.17) is 11.5 Å². The number of nitrogen functional groups attached to an aromatic ring is 1. The Morgan fingerprint density at radius 1 is 1.85 bits per heavy atom. The van der Waals surface area contributed by atoms with Crippen LogP contribution in [0.4, 0.5) is 5.82 Å². The third-order valence-electron chi connectivity index (χ3n) is 1.12. The van der Waals surface area contributed by atoms with E-state index >= 15 is 0 Å². The van der Waals surface area contributed by atoms with E-state index in [-0.39, 0.29) is 5.71 Å². The molecule has 0 aliphatic heterocycles. The summed E-state index contributed by atoms with van der Waals surface area (Å²) in [5, 5.41) is 5.23. The summed E-state index contributed by atoms with van der Waals surface area (Å²) in [6.45, 7) is 0. The highest BCUT2D eigenvalue weighted by molar-refractivity contribution is 7.13. The van der Waals surface area contributed by atoms with Crippen LogP contribution >= 0.6 is 11.3 Å². The summed E-state index contributed by atoms with van der Waals surface area (Å²) in [5.41, 5.74) is 12.1. The molecule has 1 aromatic heterocycles. The van der Waals surface area contributed by atoms with E-state index in [0.29, 0.717) is 10.8 Å². The van der Waals surface area contributed by atoms with Crippen LogP contribution in [0.3, 0.4) is 0 Å². The number of hydrogen-bond acceptors (Lipinski definition) is 6. The number of carbonyl (C=O) groups excluding carboxylic acids is 1. The zero-order valence-electron chi connectivity index (χ0n) is 6.77. The average Bonchev–Trinajstić information content (AvgIpc) is 2.46. The number of amides is 1. The van der Waals surface area contributed by atoms with E-state index in [1.54, 1.807) is 5.38 Å². The van der Waals surface area contributed by atoms with Gasteiger partial charge < -0.3 is 10.6 Å². The molecule has 69 valence electrons. The van der Waals surface area contributed by atoms with Crippen molar-refractivity contribution < 1.29 is 9.63 Å². The second-order valence-corrected chi connectivity index (χ2v) is 2.89. The quantitative estimate of drug-likeness (QED) is 0.541. The van der Waals surface area contributed by atoms with Crippen molar-refractivity contribution in [3.8, 4) is 0 Å². The number of anilines is 1. The minimum absolute atomic E-state index is 0.135. The highest BCUT2D eigenvalue weighted by Gasteiger charge is 2.15. The Balaban J connectivity index is 3.02. The first-order chi connectivity index (χ1) is 6.15. The number of carbonyl (C=O) groups is 1. The average molecular weight is 199 g/mol. The maximum atomic E-state index is 10.7. The van der Waals surface area contributed by atoms with E-state index < -0.39 is 5.91 Å². The summed E-state index contributed by atoms with van der Waals surface area (Å²) in [4.78, 5) is 18.9. The second kappa shape index (κ2) is 3.85. The van der Waals surface area contributed by atoms with Gasteiger partial charge in [0.15, 0.2) is 5.01 Å². The third kappa shape index (κ3) is 2.15. The van der Waals surface area contributed by atoms with Gasteiger partial charge in [0.25, 0.3) is 5.91 Å². The molecule has 0 bridgehead atoms. The molecule has 0 unspecified atom stereocenters. The lowest BCUT2D eigenvalue weighted by atomic mass is 10.4. The molecule has 0 aliphatic rings. The van der Waals surface area contributed by atoms with E-state index in [0.717, 1.165) is 11.3 Å². The van der Waals surface area contributed by atoms with Gasteiger partial charge in [0.05, 0.1) is 0 Å². The number of thiazole rings is 1. The number of nitrogens with zero attached hydrogens (tertiary/aromatic N) is 2. The van der Waals surface area contributed by atoms with Crippen LogP contribution in [0.2, 0.25) is 0 Å². The predicted molar refractivity (Wildman–Crippen MR) is 48.2 cm³/mol. The number of aromatic nitrogens is 1. The minimum Gasteiger partial charge on any atom is -0.398 e. The van der Waals surface area contributed by atoms with Crippen LogP contribution < -0.4 is 11.5 Å². The molecule has 1 rings (SSSR count). The van der Waals surface area contributed by atoms with Crippen LogP contribution in [0.5, 0.6) is 0 Å². The molecule has 13 heavy (non-hydrogen) atoms. The van der Waals surface area contributed by atoms with Gasteiger partial charge >= 0.3 is 0 Å². The molecule has 0 aromatic carbocycles. The van der Waals surface area contributed by atoms with Crippen molar-refractivity contribution in [2.75, 3.05) is 12.8 Å². The summed E-state index contributed by atoms with van der Waals surface area (Å²) in [6, 6.07) is 0. The van der Waals surface area contributed by atoms with Gasteiger partial charge in [-0.1, -0.05) is 5.16 Å².